The standard InChI is InChI=1S/C29H37N5O/c1-5-33(6-2)19-11-12-22(4)32-28-27-26(23-13-9-8-10-14-23)20-34(29(27)31-21-30-28)24-15-17-25(18-16-24)35-7-3/h8-10,13-18,20-22H,5-7,11-12,19H2,1-4H3,(H,30,31,32)/t22-/m0/s1. The van der Waals surface area contributed by atoms with Gasteiger partial charge in [-0.15, -0.1) is 0 Å². The van der Waals surface area contributed by atoms with Crippen LogP contribution in [0.2, 0.25) is 0 Å². The quantitative estimate of drug-likeness (QED) is 0.259. The molecule has 2 aromatic heterocycles. The van der Waals surface area contributed by atoms with Gasteiger partial charge in [-0.2, -0.15) is 0 Å². The van der Waals surface area contributed by atoms with Crippen LogP contribution in [0.15, 0.2) is 67.1 Å². The highest BCUT2D eigenvalue weighted by molar-refractivity contribution is 6.02. The molecule has 1 N–H and O–H groups in total. The van der Waals surface area contributed by atoms with Gasteiger partial charge in [0.05, 0.1) is 12.0 Å². The number of ether oxygens (including phenoxy) is 1. The largest absolute Gasteiger partial charge is 0.494 e. The van der Waals surface area contributed by atoms with E-state index in [9.17, 15) is 0 Å². The average Bonchev–Trinajstić information content (AvgIpc) is 3.29. The van der Waals surface area contributed by atoms with Crippen LogP contribution in [0.5, 0.6) is 5.75 Å². The summed E-state index contributed by atoms with van der Waals surface area (Å²) >= 11 is 0. The van der Waals surface area contributed by atoms with Gasteiger partial charge in [-0.05, 0) is 76.2 Å². The Bertz CT molecular complexity index is 1200. The molecule has 0 saturated carbocycles. The summed E-state index contributed by atoms with van der Waals surface area (Å²) in [5, 5.41) is 4.74. The Morgan fingerprint density at radius 3 is 2.40 bits per heavy atom. The molecule has 0 fully saturated rings. The van der Waals surface area contributed by atoms with E-state index in [4.69, 9.17) is 9.72 Å². The lowest BCUT2D eigenvalue weighted by Gasteiger charge is -2.20. The van der Waals surface area contributed by atoms with Crippen molar-refractivity contribution in [1.82, 2.24) is 19.4 Å². The first-order valence-electron chi connectivity index (χ1n) is 12.8. The Balaban J connectivity index is 1.68. The minimum atomic E-state index is 0.307. The number of anilines is 1. The molecule has 35 heavy (non-hydrogen) atoms. The molecule has 0 bridgehead atoms. The number of hydrogen-bond donors (Lipinski definition) is 1. The third-order valence-electron chi connectivity index (χ3n) is 6.48. The number of rotatable bonds is 12. The Morgan fingerprint density at radius 1 is 0.971 bits per heavy atom. The highest BCUT2D eigenvalue weighted by atomic mass is 16.5. The minimum absolute atomic E-state index is 0.307. The van der Waals surface area contributed by atoms with Crippen molar-refractivity contribution in [2.24, 2.45) is 0 Å². The Kier molecular flexibility index (Phi) is 8.37. The summed E-state index contributed by atoms with van der Waals surface area (Å²) in [6.45, 7) is 12.7. The minimum Gasteiger partial charge on any atom is -0.494 e. The van der Waals surface area contributed by atoms with Gasteiger partial charge in [0, 0.05) is 23.5 Å². The second kappa shape index (κ2) is 11.8. The first-order chi connectivity index (χ1) is 17.1. The predicted octanol–water partition coefficient (Wildman–Crippen LogP) is 6.41. The first-order valence-corrected chi connectivity index (χ1v) is 12.8. The summed E-state index contributed by atoms with van der Waals surface area (Å²) < 4.78 is 7.78. The van der Waals surface area contributed by atoms with E-state index in [1.54, 1.807) is 6.33 Å². The topological polar surface area (TPSA) is 55.2 Å². The highest BCUT2D eigenvalue weighted by Gasteiger charge is 2.18. The van der Waals surface area contributed by atoms with Crippen molar-refractivity contribution in [3.63, 3.8) is 0 Å². The first kappa shape index (κ1) is 24.7. The molecular weight excluding hydrogens is 434 g/mol. The van der Waals surface area contributed by atoms with E-state index in [0.717, 1.165) is 71.9 Å². The predicted molar refractivity (Wildman–Crippen MR) is 146 cm³/mol. The summed E-state index contributed by atoms with van der Waals surface area (Å²) in [7, 11) is 0. The summed E-state index contributed by atoms with van der Waals surface area (Å²) in [6.07, 6.45) is 6.07. The lowest BCUT2D eigenvalue weighted by atomic mass is 10.1. The molecule has 0 aliphatic rings. The maximum atomic E-state index is 5.63. The Labute approximate surface area is 209 Å². The van der Waals surface area contributed by atoms with E-state index in [1.165, 1.54) is 0 Å². The monoisotopic (exact) mass is 471 g/mol. The van der Waals surface area contributed by atoms with Gasteiger partial charge in [-0.3, -0.25) is 0 Å². The van der Waals surface area contributed by atoms with Crippen molar-refractivity contribution in [1.29, 1.82) is 0 Å². The van der Waals surface area contributed by atoms with Gasteiger partial charge in [-0.1, -0.05) is 44.2 Å². The van der Waals surface area contributed by atoms with Gasteiger partial charge >= 0.3 is 0 Å². The van der Waals surface area contributed by atoms with Crippen LogP contribution in [0.4, 0.5) is 5.82 Å². The molecule has 0 amide bonds. The second-order valence-electron chi connectivity index (χ2n) is 8.84. The Hall–Kier alpha value is -3.38. The number of benzene rings is 2. The fraction of sp³-hybridized carbons (Fsp3) is 0.379. The molecule has 0 aliphatic carbocycles. The van der Waals surface area contributed by atoms with Crippen molar-refractivity contribution in [2.45, 2.75) is 46.6 Å². The van der Waals surface area contributed by atoms with Crippen LogP contribution in [0.25, 0.3) is 27.8 Å². The number of fused-ring (bicyclic) bond motifs is 1. The lowest BCUT2D eigenvalue weighted by molar-refractivity contribution is 0.295. The number of nitrogens with zero attached hydrogens (tertiary/aromatic N) is 4. The van der Waals surface area contributed by atoms with Gasteiger partial charge in [0.25, 0.3) is 0 Å². The van der Waals surface area contributed by atoms with Gasteiger partial charge in [0.15, 0.2) is 5.65 Å². The van der Waals surface area contributed by atoms with Crippen LogP contribution in [-0.2, 0) is 0 Å². The van der Waals surface area contributed by atoms with Crippen molar-refractivity contribution in [3.05, 3.63) is 67.1 Å². The fourth-order valence-corrected chi connectivity index (χ4v) is 4.54. The summed E-state index contributed by atoms with van der Waals surface area (Å²) in [5.74, 6) is 1.75. The summed E-state index contributed by atoms with van der Waals surface area (Å²) in [6, 6.07) is 18.9. The molecule has 1 atom stereocenters. The zero-order chi connectivity index (χ0) is 24.6. The molecule has 0 saturated heterocycles. The van der Waals surface area contributed by atoms with Crippen LogP contribution in [-0.4, -0.2) is 51.7 Å². The molecule has 0 radical (unpaired) electrons. The molecule has 4 aromatic rings. The van der Waals surface area contributed by atoms with Gasteiger partial charge in [0.1, 0.15) is 17.9 Å². The second-order valence-corrected chi connectivity index (χ2v) is 8.84. The molecular formula is C29H37N5O. The van der Waals surface area contributed by atoms with Crippen LogP contribution in [0.3, 0.4) is 0 Å². The van der Waals surface area contributed by atoms with Gasteiger partial charge in [0.2, 0.25) is 0 Å². The molecule has 6 nitrogen and oxygen atoms in total. The van der Waals surface area contributed by atoms with E-state index in [0.29, 0.717) is 12.6 Å². The lowest BCUT2D eigenvalue weighted by Crippen LogP contribution is -2.25. The molecule has 0 aliphatic heterocycles. The molecule has 0 unspecified atom stereocenters. The van der Waals surface area contributed by atoms with E-state index in [-0.39, 0.29) is 0 Å². The van der Waals surface area contributed by atoms with Crippen molar-refractivity contribution < 1.29 is 4.74 Å². The van der Waals surface area contributed by atoms with Gasteiger partial charge < -0.3 is 19.5 Å². The smallest absolute Gasteiger partial charge is 0.150 e. The van der Waals surface area contributed by atoms with Crippen LogP contribution in [0.1, 0.15) is 40.5 Å². The number of hydrogen-bond acceptors (Lipinski definition) is 5. The number of nitrogens with one attached hydrogen (secondary N) is 1. The van der Waals surface area contributed by atoms with Crippen molar-refractivity contribution >= 4 is 16.9 Å². The van der Waals surface area contributed by atoms with Crippen molar-refractivity contribution in [3.8, 4) is 22.6 Å². The SMILES string of the molecule is CCOc1ccc(-n2cc(-c3ccccc3)c3c(N[C@@H](C)CCCN(CC)CC)ncnc32)cc1. The zero-order valence-corrected chi connectivity index (χ0v) is 21.4. The molecule has 4 rings (SSSR count). The maximum Gasteiger partial charge on any atom is 0.150 e. The molecule has 184 valence electrons. The van der Waals surface area contributed by atoms with Gasteiger partial charge in [-0.25, -0.2) is 9.97 Å². The fourth-order valence-electron chi connectivity index (χ4n) is 4.54. The summed E-state index contributed by atoms with van der Waals surface area (Å²) in [5.41, 5.74) is 4.19. The number of aromatic nitrogens is 3. The van der Waals surface area contributed by atoms with E-state index in [2.05, 4.69) is 83.1 Å². The third-order valence-corrected chi connectivity index (χ3v) is 6.48. The van der Waals surface area contributed by atoms with E-state index < -0.39 is 0 Å². The highest BCUT2D eigenvalue weighted by Crippen LogP contribution is 2.35. The van der Waals surface area contributed by atoms with Crippen LogP contribution >= 0.6 is 0 Å². The molecule has 2 heterocycles. The summed E-state index contributed by atoms with van der Waals surface area (Å²) in [4.78, 5) is 11.9. The molecule has 6 heteroatoms. The molecule has 2 aromatic carbocycles. The third kappa shape index (κ3) is 5.82. The normalized spacial score (nSPS) is 12.3. The van der Waals surface area contributed by atoms with E-state index >= 15 is 0 Å². The van der Waals surface area contributed by atoms with Crippen LogP contribution in [0, 0.1) is 0 Å². The van der Waals surface area contributed by atoms with E-state index in [1.807, 2.05) is 25.1 Å². The maximum absolute atomic E-state index is 5.63. The Morgan fingerprint density at radius 2 is 1.71 bits per heavy atom. The average molecular weight is 472 g/mol. The zero-order valence-electron chi connectivity index (χ0n) is 21.4. The van der Waals surface area contributed by atoms with Crippen LogP contribution < -0.4 is 10.1 Å². The molecule has 0 spiro atoms. The van der Waals surface area contributed by atoms with Crippen molar-refractivity contribution in [2.75, 3.05) is 31.6 Å².